The zero-order valence-corrected chi connectivity index (χ0v) is 16.0. The Labute approximate surface area is 163 Å². The number of hydrogen-bond donors (Lipinski definition) is 2. The van der Waals surface area contributed by atoms with E-state index in [4.69, 9.17) is 4.74 Å². The Morgan fingerprint density at radius 3 is 2.64 bits per heavy atom. The first-order chi connectivity index (χ1) is 13.5. The molecule has 0 aliphatic heterocycles. The lowest BCUT2D eigenvalue weighted by atomic mass is 10.1. The van der Waals surface area contributed by atoms with Gasteiger partial charge in [0.2, 0.25) is 0 Å². The van der Waals surface area contributed by atoms with Gasteiger partial charge in [-0.2, -0.15) is 5.10 Å². The van der Waals surface area contributed by atoms with Crippen molar-refractivity contribution >= 4 is 28.9 Å². The SMILES string of the molecule is COc1ccccc1C(=O)NCC(=O)N/N=C/c1c(C)n(C)c2ccccc12. The molecule has 7 nitrogen and oxygen atoms in total. The second kappa shape index (κ2) is 8.39. The summed E-state index contributed by atoms with van der Waals surface area (Å²) < 4.78 is 7.22. The molecule has 2 aromatic carbocycles. The summed E-state index contributed by atoms with van der Waals surface area (Å²) >= 11 is 0. The minimum atomic E-state index is -0.419. The molecule has 1 aromatic heterocycles. The van der Waals surface area contributed by atoms with Crippen LogP contribution in [0.4, 0.5) is 0 Å². The predicted molar refractivity (Wildman–Crippen MR) is 109 cm³/mol. The number of para-hydroxylation sites is 2. The molecule has 0 radical (unpaired) electrons. The first-order valence-corrected chi connectivity index (χ1v) is 8.80. The van der Waals surface area contributed by atoms with Gasteiger partial charge in [-0.25, -0.2) is 5.43 Å². The third kappa shape index (κ3) is 3.88. The molecule has 0 unspecified atom stereocenters. The molecule has 0 aliphatic rings. The molecular formula is C21H22N4O3. The molecule has 0 saturated heterocycles. The lowest BCUT2D eigenvalue weighted by Gasteiger charge is -2.08. The van der Waals surface area contributed by atoms with Gasteiger partial charge in [-0.3, -0.25) is 9.59 Å². The third-order valence-electron chi connectivity index (χ3n) is 4.59. The van der Waals surface area contributed by atoms with Crippen molar-refractivity contribution in [2.24, 2.45) is 12.1 Å². The Kier molecular flexibility index (Phi) is 5.74. The van der Waals surface area contributed by atoms with Gasteiger partial charge in [-0.15, -0.1) is 0 Å². The van der Waals surface area contributed by atoms with Crippen LogP contribution in [0.15, 0.2) is 53.6 Å². The fraction of sp³-hybridized carbons (Fsp3) is 0.190. The van der Waals surface area contributed by atoms with Gasteiger partial charge in [0.15, 0.2) is 0 Å². The lowest BCUT2D eigenvalue weighted by Crippen LogP contribution is -2.35. The summed E-state index contributed by atoms with van der Waals surface area (Å²) in [7, 11) is 3.48. The van der Waals surface area contributed by atoms with Gasteiger partial charge in [0.25, 0.3) is 11.8 Å². The van der Waals surface area contributed by atoms with Crippen molar-refractivity contribution in [2.75, 3.05) is 13.7 Å². The van der Waals surface area contributed by atoms with Crippen LogP contribution in [0.3, 0.4) is 0 Å². The first kappa shape index (κ1) is 19.2. The van der Waals surface area contributed by atoms with Gasteiger partial charge in [0.05, 0.1) is 25.4 Å². The summed E-state index contributed by atoms with van der Waals surface area (Å²) in [4.78, 5) is 24.2. The van der Waals surface area contributed by atoms with E-state index in [1.165, 1.54) is 7.11 Å². The van der Waals surface area contributed by atoms with Crippen LogP contribution in [-0.4, -0.2) is 36.3 Å². The van der Waals surface area contributed by atoms with E-state index >= 15 is 0 Å². The van der Waals surface area contributed by atoms with Gasteiger partial charge in [-0.1, -0.05) is 30.3 Å². The van der Waals surface area contributed by atoms with E-state index in [9.17, 15) is 9.59 Å². The van der Waals surface area contributed by atoms with Gasteiger partial charge in [-0.05, 0) is 25.1 Å². The number of hydrogen-bond acceptors (Lipinski definition) is 4. The maximum Gasteiger partial charge on any atom is 0.259 e. The van der Waals surface area contributed by atoms with Crippen molar-refractivity contribution in [3.63, 3.8) is 0 Å². The fourth-order valence-electron chi connectivity index (χ4n) is 3.01. The molecule has 3 rings (SSSR count). The van der Waals surface area contributed by atoms with Crippen LogP contribution in [0.1, 0.15) is 21.6 Å². The highest BCUT2D eigenvalue weighted by Crippen LogP contribution is 2.23. The van der Waals surface area contributed by atoms with Crippen molar-refractivity contribution in [1.82, 2.24) is 15.3 Å². The number of amides is 2. The number of carbonyl (C=O) groups excluding carboxylic acids is 2. The van der Waals surface area contributed by atoms with Gasteiger partial charge in [0.1, 0.15) is 5.75 Å². The molecule has 28 heavy (non-hydrogen) atoms. The number of rotatable bonds is 6. The monoisotopic (exact) mass is 378 g/mol. The molecule has 3 aromatic rings. The van der Waals surface area contributed by atoms with Crippen LogP contribution in [-0.2, 0) is 11.8 Å². The Bertz CT molecular complexity index is 1050. The highest BCUT2D eigenvalue weighted by molar-refractivity contribution is 6.01. The van der Waals surface area contributed by atoms with Crippen molar-refractivity contribution in [1.29, 1.82) is 0 Å². The molecular weight excluding hydrogens is 356 g/mol. The van der Waals surface area contributed by atoms with E-state index in [0.29, 0.717) is 11.3 Å². The van der Waals surface area contributed by atoms with E-state index < -0.39 is 5.91 Å². The second-order valence-electron chi connectivity index (χ2n) is 6.25. The molecule has 2 N–H and O–H groups in total. The number of aromatic nitrogens is 1. The highest BCUT2D eigenvalue weighted by Gasteiger charge is 2.13. The van der Waals surface area contributed by atoms with Crippen molar-refractivity contribution < 1.29 is 14.3 Å². The Balaban J connectivity index is 1.61. The summed E-state index contributed by atoms with van der Waals surface area (Å²) in [5.41, 5.74) is 5.89. The minimum Gasteiger partial charge on any atom is -0.496 e. The quantitative estimate of drug-likeness (QED) is 0.510. The average molecular weight is 378 g/mol. The normalized spacial score (nSPS) is 11.0. The second-order valence-corrected chi connectivity index (χ2v) is 6.25. The molecule has 7 heteroatoms. The van der Waals surface area contributed by atoms with Crippen LogP contribution in [0.5, 0.6) is 5.75 Å². The maximum atomic E-state index is 12.2. The van der Waals surface area contributed by atoms with Crippen LogP contribution < -0.4 is 15.5 Å². The van der Waals surface area contributed by atoms with Crippen LogP contribution in [0.2, 0.25) is 0 Å². The van der Waals surface area contributed by atoms with Gasteiger partial charge < -0.3 is 14.6 Å². The molecule has 2 amide bonds. The molecule has 0 fully saturated rings. The third-order valence-corrected chi connectivity index (χ3v) is 4.59. The maximum absolute atomic E-state index is 12.2. The van der Waals surface area contributed by atoms with Crippen molar-refractivity contribution in [3.8, 4) is 5.75 Å². The van der Waals surface area contributed by atoms with E-state index in [1.54, 1.807) is 30.5 Å². The molecule has 144 valence electrons. The summed E-state index contributed by atoms with van der Waals surface area (Å²) in [5.74, 6) is -0.358. The highest BCUT2D eigenvalue weighted by atomic mass is 16.5. The van der Waals surface area contributed by atoms with Crippen molar-refractivity contribution in [3.05, 3.63) is 65.4 Å². The zero-order chi connectivity index (χ0) is 20.1. The number of ether oxygens (including phenoxy) is 1. The number of hydrazone groups is 1. The Morgan fingerprint density at radius 2 is 1.86 bits per heavy atom. The zero-order valence-electron chi connectivity index (χ0n) is 16.0. The minimum absolute atomic E-state index is 0.192. The molecule has 0 bridgehead atoms. The van der Waals surface area contributed by atoms with Crippen LogP contribution in [0, 0.1) is 6.92 Å². The van der Waals surface area contributed by atoms with Crippen LogP contribution >= 0.6 is 0 Å². The number of benzene rings is 2. The summed E-state index contributed by atoms with van der Waals surface area (Å²) in [6.07, 6.45) is 1.62. The molecule has 1 heterocycles. The van der Waals surface area contributed by atoms with E-state index in [-0.39, 0.29) is 12.5 Å². The van der Waals surface area contributed by atoms with Crippen LogP contribution in [0.25, 0.3) is 10.9 Å². The average Bonchev–Trinajstić information content (AvgIpc) is 2.97. The summed E-state index contributed by atoms with van der Waals surface area (Å²) in [6.45, 7) is 1.80. The number of carbonyl (C=O) groups is 2. The Morgan fingerprint density at radius 1 is 1.14 bits per heavy atom. The number of methoxy groups -OCH3 is 1. The molecule has 0 atom stereocenters. The van der Waals surface area contributed by atoms with E-state index in [2.05, 4.69) is 20.4 Å². The first-order valence-electron chi connectivity index (χ1n) is 8.80. The van der Waals surface area contributed by atoms with E-state index in [0.717, 1.165) is 22.2 Å². The lowest BCUT2D eigenvalue weighted by molar-refractivity contribution is -0.120. The molecule has 0 aliphatic carbocycles. The smallest absolute Gasteiger partial charge is 0.259 e. The summed E-state index contributed by atoms with van der Waals surface area (Å²) in [5, 5.41) is 7.65. The number of nitrogens with one attached hydrogen (secondary N) is 2. The standard InChI is InChI=1S/C21H22N4O3/c1-14-17(15-8-4-6-10-18(15)25(14)2)12-23-24-20(26)13-22-21(27)16-9-5-7-11-19(16)28-3/h4-12H,13H2,1-3H3,(H,22,27)(H,24,26)/b23-12+. The predicted octanol–water partition coefficient (Wildman–Crippen LogP) is 2.38. The molecule has 0 spiro atoms. The largest absolute Gasteiger partial charge is 0.496 e. The number of aryl methyl sites for hydroxylation is 1. The van der Waals surface area contributed by atoms with Crippen molar-refractivity contribution in [2.45, 2.75) is 6.92 Å². The number of fused-ring (bicyclic) bond motifs is 1. The van der Waals surface area contributed by atoms with Gasteiger partial charge >= 0.3 is 0 Å². The summed E-state index contributed by atoms with van der Waals surface area (Å²) in [6, 6.07) is 14.8. The number of nitrogens with zero attached hydrogens (tertiary/aromatic N) is 2. The fourth-order valence-corrected chi connectivity index (χ4v) is 3.01. The van der Waals surface area contributed by atoms with Gasteiger partial charge in [0, 0.05) is 29.2 Å². The van der Waals surface area contributed by atoms with E-state index in [1.807, 2.05) is 38.2 Å². The Hall–Kier alpha value is -3.61. The topological polar surface area (TPSA) is 84.7 Å². The molecule has 0 saturated carbocycles.